The van der Waals surface area contributed by atoms with Crippen molar-refractivity contribution in [3.8, 4) is 0 Å². The van der Waals surface area contributed by atoms with E-state index in [1.165, 1.54) is 6.26 Å². The topological polar surface area (TPSA) is 40.6 Å². The van der Waals surface area contributed by atoms with Crippen molar-refractivity contribution >= 4 is 21.6 Å². The second-order valence-corrected chi connectivity index (χ2v) is 7.07. The van der Waals surface area contributed by atoms with Crippen molar-refractivity contribution in [2.45, 2.75) is 19.8 Å². The minimum Gasteiger partial charge on any atom is -0.302 e. The SMILES string of the molecule is CCN(CCCl)CC1CCCN(S(C)(=O)=O)C1. The summed E-state index contributed by atoms with van der Waals surface area (Å²) in [7, 11) is -3.02. The molecule has 0 N–H and O–H groups in total. The zero-order valence-corrected chi connectivity index (χ0v) is 12.3. The van der Waals surface area contributed by atoms with Gasteiger partial charge in [-0.15, -0.1) is 11.6 Å². The number of halogens is 1. The van der Waals surface area contributed by atoms with Gasteiger partial charge in [-0.25, -0.2) is 12.7 Å². The first-order valence-electron chi connectivity index (χ1n) is 6.20. The fraction of sp³-hybridized carbons (Fsp3) is 1.00. The quantitative estimate of drug-likeness (QED) is 0.688. The van der Waals surface area contributed by atoms with E-state index in [0.717, 1.165) is 32.5 Å². The Morgan fingerprint density at radius 2 is 2.18 bits per heavy atom. The summed E-state index contributed by atoms with van der Waals surface area (Å²) >= 11 is 5.75. The van der Waals surface area contributed by atoms with E-state index < -0.39 is 10.0 Å². The van der Waals surface area contributed by atoms with Gasteiger partial charge in [-0.2, -0.15) is 0 Å². The Labute approximate surface area is 110 Å². The minimum atomic E-state index is -3.02. The molecule has 1 saturated heterocycles. The molecule has 1 aliphatic heterocycles. The maximum absolute atomic E-state index is 11.5. The van der Waals surface area contributed by atoms with Crippen LogP contribution >= 0.6 is 11.6 Å². The number of hydrogen-bond donors (Lipinski definition) is 0. The second kappa shape index (κ2) is 6.92. The van der Waals surface area contributed by atoms with Crippen molar-refractivity contribution in [2.24, 2.45) is 5.92 Å². The third-order valence-electron chi connectivity index (χ3n) is 3.32. The molecule has 1 aliphatic rings. The van der Waals surface area contributed by atoms with Crippen LogP contribution < -0.4 is 0 Å². The largest absolute Gasteiger partial charge is 0.302 e. The molecule has 1 fully saturated rings. The zero-order valence-electron chi connectivity index (χ0n) is 10.7. The maximum Gasteiger partial charge on any atom is 0.211 e. The van der Waals surface area contributed by atoms with E-state index in [0.29, 0.717) is 24.9 Å². The Morgan fingerprint density at radius 1 is 1.47 bits per heavy atom. The molecule has 17 heavy (non-hydrogen) atoms. The minimum absolute atomic E-state index is 0.446. The average Bonchev–Trinajstić information content (AvgIpc) is 2.28. The summed E-state index contributed by atoms with van der Waals surface area (Å²) in [5.41, 5.74) is 0. The molecule has 1 rings (SSSR count). The van der Waals surface area contributed by atoms with Crippen LogP contribution in [0.25, 0.3) is 0 Å². The van der Waals surface area contributed by atoms with Gasteiger partial charge in [0.25, 0.3) is 0 Å². The van der Waals surface area contributed by atoms with Crippen molar-refractivity contribution < 1.29 is 8.42 Å². The highest BCUT2D eigenvalue weighted by atomic mass is 35.5. The number of alkyl halides is 1. The second-order valence-electron chi connectivity index (χ2n) is 4.71. The normalized spacial score (nSPS) is 23.2. The summed E-state index contributed by atoms with van der Waals surface area (Å²) in [4.78, 5) is 2.30. The highest BCUT2D eigenvalue weighted by Crippen LogP contribution is 2.19. The monoisotopic (exact) mass is 282 g/mol. The Balaban J connectivity index is 2.49. The first-order chi connectivity index (χ1) is 7.97. The predicted octanol–water partition coefficient (Wildman–Crippen LogP) is 1.22. The number of piperidine rings is 1. The van der Waals surface area contributed by atoms with E-state index in [1.54, 1.807) is 4.31 Å². The van der Waals surface area contributed by atoms with Crippen LogP contribution in [-0.4, -0.2) is 62.5 Å². The van der Waals surface area contributed by atoms with Crippen LogP contribution in [0.5, 0.6) is 0 Å². The molecule has 102 valence electrons. The lowest BCUT2D eigenvalue weighted by atomic mass is 9.99. The highest BCUT2D eigenvalue weighted by molar-refractivity contribution is 7.88. The standard InChI is InChI=1S/C11H23ClN2O2S/c1-3-13(8-6-12)9-11-5-4-7-14(10-11)17(2,15)16/h11H,3-10H2,1-2H3. The molecule has 0 aliphatic carbocycles. The molecule has 0 aromatic carbocycles. The van der Waals surface area contributed by atoms with Gasteiger partial charge in [0.05, 0.1) is 6.26 Å². The van der Waals surface area contributed by atoms with E-state index in [9.17, 15) is 8.42 Å². The number of hydrogen-bond acceptors (Lipinski definition) is 3. The molecular weight excluding hydrogens is 260 g/mol. The maximum atomic E-state index is 11.5. The van der Waals surface area contributed by atoms with Gasteiger partial charge in [0.1, 0.15) is 0 Å². The van der Waals surface area contributed by atoms with Gasteiger partial charge < -0.3 is 4.90 Å². The van der Waals surface area contributed by atoms with Crippen molar-refractivity contribution in [2.75, 3.05) is 44.9 Å². The summed E-state index contributed by atoms with van der Waals surface area (Å²) in [6.45, 7) is 6.27. The molecule has 0 spiro atoms. The molecule has 0 bridgehead atoms. The number of rotatable bonds is 6. The van der Waals surface area contributed by atoms with E-state index in [1.807, 2.05) is 0 Å². The van der Waals surface area contributed by atoms with E-state index >= 15 is 0 Å². The van der Waals surface area contributed by atoms with Crippen LogP contribution in [0.2, 0.25) is 0 Å². The van der Waals surface area contributed by atoms with Crippen LogP contribution in [0, 0.1) is 5.92 Å². The van der Waals surface area contributed by atoms with Crippen LogP contribution in [0.15, 0.2) is 0 Å². The molecule has 0 radical (unpaired) electrons. The van der Waals surface area contributed by atoms with Gasteiger partial charge >= 0.3 is 0 Å². The van der Waals surface area contributed by atoms with Crippen LogP contribution in [0.4, 0.5) is 0 Å². The van der Waals surface area contributed by atoms with Crippen LogP contribution in [-0.2, 0) is 10.0 Å². The lowest BCUT2D eigenvalue weighted by Crippen LogP contribution is -2.43. The lowest BCUT2D eigenvalue weighted by Gasteiger charge is -2.33. The van der Waals surface area contributed by atoms with E-state index in [2.05, 4.69) is 11.8 Å². The molecule has 0 amide bonds. The summed E-state index contributed by atoms with van der Waals surface area (Å²) < 4.78 is 24.6. The van der Waals surface area contributed by atoms with E-state index in [-0.39, 0.29) is 0 Å². The molecule has 4 nitrogen and oxygen atoms in total. The van der Waals surface area contributed by atoms with Crippen molar-refractivity contribution in [1.29, 1.82) is 0 Å². The summed E-state index contributed by atoms with van der Waals surface area (Å²) in [6, 6.07) is 0. The third-order valence-corrected chi connectivity index (χ3v) is 4.75. The van der Waals surface area contributed by atoms with Gasteiger partial charge in [-0.1, -0.05) is 6.92 Å². The van der Waals surface area contributed by atoms with Gasteiger partial charge in [-0.3, -0.25) is 0 Å². The first kappa shape index (κ1) is 15.2. The van der Waals surface area contributed by atoms with Crippen molar-refractivity contribution in [3.05, 3.63) is 0 Å². The summed E-state index contributed by atoms with van der Waals surface area (Å²) in [6.07, 6.45) is 3.38. The van der Waals surface area contributed by atoms with Gasteiger partial charge in [-0.05, 0) is 25.3 Å². The number of nitrogens with zero attached hydrogens (tertiary/aromatic N) is 2. The molecule has 6 heteroatoms. The molecule has 1 heterocycles. The fourth-order valence-corrected chi connectivity index (χ4v) is 3.52. The molecule has 0 aromatic rings. The fourth-order valence-electron chi connectivity index (χ4n) is 2.34. The molecule has 1 atom stereocenters. The molecular formula is C11H23ClN2O2S. The van der Waals surface area contributed by atoms with Crippen LogP contribution in [0.1, 0.15) is 19.8 Å². The molecule has 0 saturated carbocycles. The zero-order chi connectivity index (χ0) is 12.9. The van der Waals surface area contributed by atoms with Gasteiger partial charge in [0, 0.05) is 32.1 Å². The highest BCUT2D eigenvalue weighted by Gasteiger charge is 2.26. The average molecular weight is 283 g/mol. The van der Waals surface area contributed by atoms with Crippen LogP contribution in [0.3, 0.4) is 0 Å². The smallest absolute Gasteiger partial charge is 0.211 e. The Hall–Kier alpha value is 0.160. The third kappa shape index (κ3) is 5.12. The van der Waals surface area contributed by atoms with Crippen molar-refractivity contribution in [3.63, 3.8) is 0 Å². The summed E-state index contributed by atoms with van der Waals surface area (Å²) in [5.74, 6) is 1.08. The number of sulfonamides is 1. The Morgan fingerprint density at radius 3 is 2.71 bits per heavy atom. The van der Waals surface area contributed by atoms with Gasteiger partial charge in [0.2, 0.25) is 10.0 Å². The first-order valence-corrected chi connectivity index (χ1v) is 8.59. The predicted molar refractivity (Wildman–Crippen MR) is 72.0 cm³/mol. The molecule has 1 unspecified atom stereocenters. The Kier molecular flexibility index (Phi) is 6.20. The Bertz CT molecular complexity index is 321. The van der Waals surface area contributed by atoms with Gasteiger partial charge in [0.15, 0.2) is 0 Å². The molecule has 0 aromatic heterocycles. The van der Waals surface area contributed by atoms with E-state index in [4.69, 9.17) is 11.6 Å². The lowest BCUT2D eigenvalue weighted by molar-refractivity contribution is 0.189. The van der Waals surface area contributed by atoms with Crippen molar-refractivity contribution in [1.82, 2.24) is 9.21 Å². The summed E-state index contributed by atoms with van der Waals surface area (Å²) in [5, 5.41) is 0.